The first-order chi connectivity index (χ1) is 18.1. The summed E-state index contributed by atoms with van der Waals surface area (Å²) in [6.45, 7) is -5.99. The maximum atomic E-state index is 10.5. The van der Waals surface area contributed by atoms with E-state index in [1.54, 1.807) is 27.3 Å². The Hall–Kier alpha value is -2.91. The molecule has 0 heterocycles. The Morgan fingerprint density at radius 1 is 0.938 bits per heavy atom. The van der Waals surface area contributed by atoms with Crippen molar-refractivity contribution >= 4 is 0 Å². The lowest BCUT2D eigenvalue weighted by Gasteiger charge is -2.33. The van der Waals surface area contributed by atoms with Gasteiger partial charge in [-0.05, 0) is 67.7 Å². The molecule has 0 amide bonds. The zero-order valence-corrected chi connectivity index (χ0v) is 19.3. The molecule has 32 heavy (non-hydrogen) atoms. The Kier molecular flexibility index (Phi) is 6.07. The summed E-state index contributed by atoms with van der Waals surface area (Å²) in [5.74, 6) is -1.45. The molecule has 2 aromatic rings. The summed E-state index contributed by atoms with van der Waals surface area (Å²) in [4.78, 5) is 1.86. The maximum Gasteiger partial charge on any atom is 0.161 e. The summed E-state index contributed by atoms with van der Waals surface area (Å²) in [5, 5.41) is 10.5. The number of ether oxygens (including phenoxy) is 4. The van der Waals surface area contributed by atoms with Crippen LogP contribution in [0.4, 0.5) is 0 Å². The van der Waals surface area contributed by atoms with Gasteiger partial charge in [0.15, 0.2) is 23.0 Å². The first-order valence-electron chi connectivity index (χ1n) is 13.7. The van der Waals surface area contributed by atoms with Crippen LogP contribution in [0.3, 0.4) is 0 Å². The zero-order valence-electron chi connectivity index (χ0n) is 26.3. The second kappa shape index (κ2) is 11.6. The number of hydrogen-bond acceptors (Lipinski definition) is 6. The van der Waals surface area contributed by atoms with Crippen LogP contribution in [-0.2, 0) is 11.8 Å². The SMILES string of the molecule is [2H]C([2H])([2H])C([2H])(C([2H])([2H])[2H])C(C#N)(CCN(C)CCc1ccc(OC)c(OC)c1)c1ccc(OC)c(OC)c1. The van der Waals surface area contributed by atoms with Crippen molar-refractivity contribution in [1.82, 2.24) is 4.90 Å². The van der Waals surface area contributed by atoms with Gasteiger partial charge < -0.3 is 23.8 Å². The first kappa shape index (κ1) is 16.7. The van der Waals surface area contributed by atoms with E-state index in [-0.39, 0.29) is 24.3 Å². The molecule has 2 aromatic carbocycles. The molecular formula is C26H36N2O4. The van der Waals surface area contributed by atoms with E-state index in [0.29, 0.717) is 30.2 Å². The van der Waals surface area contributed by atoms with E-state index in [1.165, 1.54) is 32.4 Å². The molecule has 0 spiro atoms. The standard InChI is InChI=1S/C26H36N2O4/c1-19(2)26(18-27,21-9-11-23(30-5)25(17-21)32-7)13-15-28(3)14-12-20-8-10-22(29-4)24(16-20)31-6/h8-11,16-17,19H,12-15H2,1-7H3/i1D3,2D3,19D. The monoisotopic (exact) mass is 447 g/mol. The highest BCUT2D eigenvalue weighted by atomic mass is 16.5. The smallest absolute Gasteiger partial charge is 0.161 e. The van der Waals surface area contributed by atoms with Gasteiger partial charge in [0.05, 0.1) is 39.9 Å². The van der Waals surface area contributed by atoms with Gasteiger partial charge >= 0.3 is 0 Å². The number of rotatable bonds is 12. The lowest BCUT2D eigenvalue weighted by Crippen LogP contribution is -2.35. The highest BCUT2D eigenvalue weighted by Crippen LogP contribution is 2.39. The Morgan fingerprint density at radius 3 is 2.09 bits per heavy atom. The fourth-order valence-corrected chi connectivity index (χ4v) is 3.52. The molecule has 6 nitrogen and oxygen atoms in total. The van der Waals surface area contributed by atoms with Gasteiger partial charge in [-0.2, -0.15) is 5.26 Å². The fraction of sp³-hybridized carbons (Fsp3) is 0.500. The first-order valence-corrected chi connectivity index (χ1v) is 10.2. The van der Waals surface area contributed by atoms with Crippen molar-refractivity contribution in [1.29, 1.82) is 5.26 Å². The Balaban J connectivity index is 2.49. The second-order valence-electron chi connectivity index (χ2n) is 7.45. The lowest BCUT2D eigenvalue weighted by atomic mass is 9.70. The molecule has 0 radical (unpaired) electrons. The molecule has 0 fully saturated rings. The van der Waals surface area contributed by atoms with E-state index in [9.17, 15) is 5.26 Å². The Morgan fingerprint density at radius 2 is 1.53 bits per heavy atom. The maximum absolute atomic E-state index is 10.5. The minimum absolute atomic E-state index is 0.0539. The molecule has 0 aromatic heterocycles. The van der Waals surface area contributed by atoms with Crippen LogP contribution < -0.4 is 18.9 Å². The van der Waals surface area contributed by atoms with Crippen molar-refractivity contribution in [2.75, 3.05) is 48.6 Å². The van der Waals surface area contributed by atoms with Crippen LogP contribution in [0, 0.1) is 17.2 Å². The van der Waals surface area contributed by atoms with Crippen molar-refractivity contribution in [3.05, 3.63) is 47.5 Å². The average molecular weight is 448 g/mol. The normalized spacial score (nSPS) is 17.2. The molecule has 0 saturated heterocycles. The molecule has 0 saturated carbocycles. The predicted octanol–water partition coefficient (Wildman–Crippen LogP) is 4.70. The van der Waals surface area contributed by atoms with Gasteiger partial charge in [-0.1, -0.05) is 25.8 Å². The van der Waals surface area contributed by atoms with E-state index < -0.39 is 25.0 Å². The van der Waals surface area contributed by atoms with Crippen LogP contribution in [0.25, 0.3) is 0 Å². The van der Waals surface area contributed by atoms with E-state index in [4.69, 9.17) is 28.5 Å². The molecular weight excluding hydrogens is 404 g/mol. The second-order valence-corrected chi connectivity index (χ2v) is 7.45. The van der Waals surface area contributed by atoms with Crippen molar-refractivity contribution in [3.8, 4) is 29.1 Å². The van der Waals surface area contributed by atoms with Crippen molar-refractivity contribution in [3.63, 3.8) is 0 Å². The molecule has 0 bridgehead atoms. The highest BCUT2D eigenvalue weighted by molar-refractivity contribution is 5.47. The van der Waals surface area contributed by atoms with Crippen LogP contribution in [0.1, 0.15) is 40.8 Å². The zero-order chi connectivity index (χ0) is 29.6. The molecule has 0 aliphatic heterocycles. The van der Waals surface area contributed by atoms with Crippen molar-refractivity contribution in [2.24, 2.45) is 5.89 Å². The van der Waals surface area contributed by atoms with E-state index >= 15 is 0 Å². The van der Waals surface area contributed by atoms with Crippen LogP contribution in [-0.4, -0.2) is 53.5 Å². The molecule has 0 aliphatic rings. The van der Waals surface area contributed by atoms with E-state index in [1.807, 2.05) is 23.1 Å². The molecule has 0 N–H and O–H groups in total. The lowest BCUT2D eigenvalue weighted by molar-refractivity contribution is 0.272. The molecule has 174 valence electrons. The minimum atomic E-state index is -3.32. The molecule has 1 unspecified atom stereocenters. The molecule has 1 atom stereocenters. The number of nitrogens with zero attached hydrogens (tertiary/aromatic N) is 2. The largest absolute Gasteiger partial charge is 0.493 e. The Bertz CT molecular complexity index is 1150. The van der Waals surface area contributed by atoms with Gasteiger partial charge in [-0.3, -0.25) is 0 Å². The number of nitriles is 1. The summed E-state index contributed by atoms with van der Waals surface area (Å²) >= 11 is 0. The molecule has 6 heteroatoms. The van der Waals surface area contributed by atoms with E-state index in [0.717, 1.165) is 5.56 Å². The van der Waals surface area contributed by atoms with Crippen LogP contribution in [0.15, 0.2) is 36.4 Å². The van der Waals surface area contributed by atoms with Gasteiger partial charge in [0.25, 0.3) is 0 Å². The van der Waals surface area contributed by atoms with Gasteiger partial charge in [0, 0.05) is 16.1 Å². The van der Waals surface area contributed by atoms with Gasteiger partial charge in [0.1, 0.15) is 0 Å². The topological polar surface area (TPSA) is 64.0 Å². The number of hydrogen-bond donors (Lipinski definition) is 0. The molecule has 2 rings (SSSR count). The highest BCUT2D eigenvalue weighted by Gasteiger charge is 2.36. The molecule has 0 aliphatic carbocycles. The van der Waals surface area contributed by atoms with Crippen LogP contribution >= 0.6 is 0 Å². The number of benzene rings is 2. The summed E-state index contributed by atoms with van der Waals surface area (Å²) < 4.78 is 78.9. The summed E-state index contributed by atoms with van der Waals surface area (Å²) in [7, 11) is 7.68. The third-order valence-electron chi connectivity index (χ3n) is 5.59. The minimum Gasteiger partial charge on any atom is -0.493 e. The van der Waals surface area contributed by atoms with Crippen LogP contribution in [0.5, 0.6) is 23.0 Å². The fourth-order valence-electron chi connectivity index (χ4n) is 3.52. The van der Waals surface area contributed by atoms with Gasteiger partial charge in [-0.15, -0.1) is 0 Å². The summed E-state index contributed by atoms with van der Waals surface area (Å²) in [5.41, 5.74) is -1.23. The van der Waals surface area contributed by atoms with E-state index in [2.05, 4.69) is 0 Å². The van der Waals surface area contributed by atoms with Gasteiger partial charge in [-0.25, -0.2) is 0 Å². The van der Waals surface area contributed by atoms with Crippen LogP contribution in [0.2, 0.25) is 0 Å². The van der Waals surface area contributed by atoms with Crippen molar-refractivity contribution in [2.45, 2.75) is 32.0 Å². The third kappa shape index (κ3) is 5.66. The van der Waals surface area contributed by atoms with Gasteiger partial charge in [0.2, 0.25) is 0 Å². The number of likely N-dealkylation sites (N-methyl/N-ethyl adjacent to an activating group) is 1. The third-order valence-corrected chi connectivity index (χ3v) is 5.59. The van der Waals surface area contributed by atoms with Crippen molar-refractivity contribution < 1.29 is 28.5 Å². The summed E-state index contributed by atoms with van der Waals surface area (Å²) in [6, 6.07) is 11.8. The number of methoxy groups -OCH3 is 4. The summed E-state index contributed by atoms with van der Waals surface area (Å²) in [6.07, 6.45) is 0.360. The average Bonchev–Trinajstić information content (AvgIpc) is 2.90. The quantitative estimate of drug-likeness (QED) is 0.470. The Labute approximate surface area is 202 Å². The predicted molar refractivity (Wildman–Crippen MR) is 127 cm³/mol.